The van der Waals surface area contributed by atoms with Crippen LogP contribution in [0, 0.1) is 20.8 Å². The second-order valence-corrected chi connectivity index (χ2v) is 7.94. The number of rotatable bonds is 4. The van der Waals surface area contributed by atoms with Crippen molar-refractivity contribution in [3.05, 3.63) is 75.1 Å². The lowest BCUT2D eigenvalue weighted by atomic mass is 10.0. The highest BCUT2D eigenvalue weighted by Gasteiger charge is 2.14. The molecule has 0 saturated carbocycles. The molecule has 6 heteroatoms. The van der Waals surface area contributed by atoms with Crippen LogP contribution < -0.4 is 5.63 Å². The molecule has 0 atom stereocenters. The Morgan fingerprint density at radius 3 is 2.68 bits per heavy atom. The Kier molecular flexibility index (Phi) is 4.81. The van der Waals surface area contributed by atoms with Crippen LogP contribution in [0.1, 0.15) is 22.3 Å². The number of aromatic nitrogens is 3. The summed E-state index contributed by atoms with van der Waals surface area (Å²) in [7, 11) is 1.96. The van der Waals surface area contributed by atoms with Crippen LogP contribution in [0.25, 0.3) is 22.4 Å². The van der Waals surface area contributed by atoms with Crippen molar-refractivity contribution < 1.29 is 4.42 Å². The van der Waals surface area contributed by atoms with Gasteiger partial charge in [-0.05, 0) is 43.5 Å². The monoisotopic (exact) mass is 391 g/mol. The van der Waals surface area contributed by atoms with E-state index in [0.29, 0.717) is 11.3 Å². The summed E-state index contributed by atoms with van der Waals surface area (Å²) < 4.78 is 7.45. The smallest absolute Gasteiger partial charge is 0.336 e. The maximum absolute atomic E-state index is 12.1. The van der Waals surface area contributed by atoms with E-state index in [4.69, 9.17) is 4.42 Å². The van der Waals surface area contributed by atoms with E-state index < -0.39 is 0 Å². The second kappa shape index (κ2) is 7.28. The quantitative estimate of drug-likeness (QED) is 0.369. The van der Waals surface area contributed by atoms with Crippen LogP contribution in [0.15, 0.2) is 56.8 Å². The van der Waals surface area contributed by atoms with Crippen LogP contribution in [0.3, 0.4) is 0 Å². The molecular formula is C22H21N3O2S. The van der Waals surface area contributed by atoms with Gasteiger partial charge in [0.05, 0.1) is 0 Å². The van der Waals surface area contributed by atoms with Gasteiger partial charge in [0.1, 0.15) is 5.58 Å². The van der Waals surface area contributed by atoms with E-state index in [-0.39, 0.29) is 5.63 Å². The summed E-state index contributed by atoms with van der Waals surface area (Å²) in [5.41, 5.74) is 5.62. The normalized spacial score (nSPS) is 11.3. The minimum Gasteiger partial charge on any atom is -0.422 e. The van der Waals surface area contributed by atoms with E-state index >= 15 is 0 Å². The highest BCUT2D eigenvalue weighted by atomic mass is 32.2. The molecule has 0 spiro atoms. The molecule has 0 amide bonds. The lowest BCUT2D eigenvalue weighted by Crippen LogP contribution is -2.02. The van der Waals surface area contributed by atoms with E-state index in [0.717, 1.165) is 38.6 Å². The summed E-state index contributed by atoms with van der Waals surface area (Å²) >= 11 is 1.56. The van der Waals surface area contributed by atoms with Gasteiger partial charge < -0.3 is 8.98 Å². The Labute approximate surface area is 167 Å². The SMILES string of the molecule is Cc1cccc(-c2nnc(SCc3cc(=O)oc4c(C)c(C)ccc34)n2C)c1. The molecule has 0 saturated heterocycles. The summed E-state index contributed by atoms with van der Waals surface area (Å²) in [6, 6.07) is 13.9. The van der Waals surface area contributed by atoms with Gasteiger partial charge in [-0.15, -0.1) is 10.2 Å². The fourth-order valence-corrected chi connectivity index (χ4v) is 4.16. The molecule has 0 fully saturated rings. The van der Waals surface area contributed by atoms with E-state index in [2.05, 4.69) is 35.3 Å². The first-order chi connectivity index (χ1) is 13.4. The first kappa shape index (κ1) is 18.5. The highest BCUT2D eigenvalue weighted by Crippen LogP contribution is 2.29. The first-order valence-electron chi connectivity index (χ1n) is 9.06. The predicted octanol–water partition coefficient (Wildman–Crippen LogP) is 4.81. The average Bonchev–Trinajstić information content (AvgIpc) is 3.03. The molecule has 2 aromatic carbocycles. The molecule has 0 aliphatic rings. The lowest BCUT2D eigenvalue weighted by molar-refractivity contribution is 0.557. The van der Waals surface area contributed by atoms with Gasteiger partial charge in [-0.1, -0.05) is 47.7 Å². The van der Waals surface area contributed by atoms with Crippen molar-refractivity contribution >= 4 is 22.7 Å². The summed E-state index contributed by atoms with van der Waals surface area (Å²) in [6.07, 6.45) is 0. The van der Waals surface area contributed by atoms with Gasteiger partial charge in [-0.25, -0.2) is 4.79 Å². The molecule has 28 heavy (non-hydrogen) atoms. The number of thioether (sulfide) groups is 1. The number of nitrogens with zero attached hydrogens (tertiary/aromatic N) is 3. The molecule has 142 valence electrons. The van der Waals surface area contributed by atoms with Gasteiger partial charge >= 0.3 is 5.63 Å². The Bertz CT molecular complexity index is 1240. The van der Waals surface area contributed by atoms with Crippen LogP contribution >= 0.6 is 11.8 Å². The molecule has 4 rings (SSSR count). The predicted molar refractivity (Wildman–Crippen MR) is 113 cm³/mol. The average molecular weight is 391 g/mol. The van der Waals surface area contributed by atoms with Crippen molar-refractivity contribution in [1.29, 1.82) is 0 Å². The molecule has 2 heterocycles. The van der Waals surface area contributed by atoms with E-state index in [1.807, 2.05) is 43.7 Å². The van der Waals surface area contributed by atoms with Gasteiger partial charge in [-0.2, -0.15) is 0 Å². The molecule has 0 aliphatic carbocycles. The van der Waals surface area contributed by atoms with Crippen molar-refractivity contribution in [3.63, 3.8) is 0 Å². The van der Waals surface area contributed by atoms with E-state index in [9.17, 15) is 4.79 Å². The van der Waals surface area contributed by atoms with Gasteiger partial charge in [-0.3, -0.25) is 0 Å². The molecule has 5 nitrogen and oxygen atoms in total. The van der Waals surface area contributed by atoms with Crippen LogP contribution in [-0.2, 0) is 12.8 Å². The fraction of sp³-hybridized carbons (Fsp3) is 0.227. The molecule has 2 aromatic heterocycles. The molecule has 4 aromatic rings. The maximum Gasteiger partial charge on any atom is 0.336 e. The zero-order valence-electron chi connectivity index (χ0n) is 16.3. The number of hydrogen-bond donors (Lipinski definition) is 0. The van der Waals surface area contributed by atoms with Crippen molar-refractivity contribution in [1.82, 2.24) is 14.8 Å². The number of fused-ring (bicyclic) bond motifs is 1. The first-order valence-corrected chi connectivity index (χ1v) is 10.0. The van der Waals surface area contributed by atoms with Gasteiger partial charge in [0.25, 0.3) is 0 Å². The topological polar surface area (TPSA) is 60.9 Å². The van der Waals surface area contributed by atoms with Crippen molar-refractivity contribution in [2.24, 2.45) is 7.05 Å². The van der Waals surface area contributed by atoms with E-state index in [1.54, 1.807) is 17.8 Å². The number of benzene rings is 2. The van der Waals surface area contributed by atoms with E-state index in [1.165, 1.54) is 5.56 Å². The summed E-state index contributed by atoms with van der Waals surface area (Å²) in [5.74, 6) is 1.44. The largest absolute Gasteiger partial charge is 0.422 e. The molecule has 0 radical (unpaired) electrons. The molecular weight excluding hydrogens is 370 g/mol. The summed E-state index contributed by atoms with van der Waals surface area (Å²) in [5, 5.41) is 10.5. The molecule has 0 bridgehead atoms. The van der Waals surface area contributed by atoms with Crippen LogP contribution in [0.4, 0.5) is 0 Å². The Hall–Kier alpha value is -2.86. The molecule has 0 aliphatic heterocycles. The zero-order chi connectivity index (χ0) is 19.8. The zero-order valence-corrected chi connectivity index (χ0v) is 17.1. The van der Waals surface area contributed by atoms with Crippen molar-refractivity contribution in [2.45, 2.75) is 31.7 Å². The second-order valence-electron chi connectivity index (χ2n) is 7.00. The van der Waals surface area contributed by atoms with Gasteiger partial charge in [0, 0.05) is 29.8 Å². The van der Waals surface area contributed by atoms with Crippen LogP contribution in [-0.4, -0.2) is 14.8 Å². The third-order valence-corrected chi connectivity index (χ3v) is 6.05. The van der Waals surface area contributed by atoms with Gasteiger partial charge in [0.2, 0.25) is 0 Å². The third-order valence-electron chi connectivity index (χ3n) is 4.99. The number of aryl methyl sites for hydroxylation is 3. The summed E-state index contributed by atoms with van der Waals surface area (Å²) in [6.45, 7) is 6.06. The third kappa shape index (κ3) is 3.36. The van der Waals surface area contributed by atoms with Crippen molar-refractivity contribution in [3.8, 4) is 11.4 Å². The van der Waals surface area contributed by atoms with Crippen molar-refractivity contribution in [2.75, 3.05) is 0 Å². The standard InChI is InChI=1S/C22H21N3O2S/c1-13-6-5-7-16(10-13)21-23-24-22(25(21)4)28-12-17-11-19(26)27-20-15(3)14(2)8-9-18(17)20/h5-11H,12H2,1-4H3. The maximum atomic E-state index is 12.1. The fourth-order valence-electron chi connectivity index (χ4n) is 3.26. The Morgan fingerprint density at radius 2 is 1.89 bits per heavy atom. The summed E-state index contributed by atoms with van der Waals surface area (Å²) in [4.78, 5) is 12.1. The van der Waals surface area contributed by atoms with Crippen LogP contribution in [0.5, 0.6) is 0 Å². The highest BCUT2D eigenvalue weighted by molar-refractivity contribution is 7.98. The molecule has 0 unspecified atom stereocenters. The Balaban J connectivity index is 1.66. The lowest BCUT2D eigenvalue weighted by Gasteiger charge is -2.09. The number of hydrogen-bond acceptors (Lipinski definition) is 5. The minimum absolute atomic E-state index is 0.324. The molecule has 0 N–H and O–H groups in total. The Morgan fingerprint density at radius 1 is 1.07 bits per heavy atom. The minimum atomic E-state index is -0.324. The van der Waals surface area contributed by atoms with Crippen LogP contribution in [0.2, 0.25) is 0 Å². The van der Waals surface area contributed by atoms with Gasteiger partial charge in [0.15, 0.2) is 11.0 Å².